The number of carbonyl (C=O) groups excluding carboxylic acids is 6. The molecule has 0 saturated heterocycles. The first-order valence-electron chi connectivity index (χ1n) is 23.2. The van der Waals surface area contributed by atoms with Crippen LogP contribution in [0.2, 0.25) is 0 Å². The summed E-state index contributed by atoms with van der Waals surface area (Å²) in [4.78, 5) is 75.3. The molecule has 0 bridgehead atoms. The molecule has 0 amide bonds. The standard InChI is InChI=1S/2C25H31ClF2O5/c2*1-5-21(32)33-25(20(31)12-26)13(2)8-15-16-10-18(27)17-9-14(29)6-7-22(17,3)24(16,28)19(30)11-23(15,25)4/h2*6-7,9,13,15-16,18-19,30H,5,8,10-12H2,1-4H3/t2*13-,15-,16-,18-,19-,22-,23-,24-,25-/m00/s1. The van der Waals surface area contributed by atoms with Crippen LogP contribution in [-0.2, 0) is 38.2 Å². The van der Waals surface area contributed by atoms with Crippen LogP contribution < -0.4 is 0 Å². The van der Waals surface area contributed by atoms with Gasteiger partial charge in [0.2, 0.25) is 0 Å². The summed E-state index contributed by atoms with van der Waals surface area (Å²) in [5.41, 5.74) is -12.9. The van der Waals surface area contributed by atoms with E-state index in [0.717, 1.165) is 12.2 Å². The molecule has 6 saturated carbocycles. The number of fused-ring (bicyclic) bond motifs is 10. The number of aliphatic hydroxyl groups is 2. The van der Waals surface area contributed by atoms with E-state index in [9.17, 15) is 39.0 Å². The Morgan fingerprint density at radius 2 is 0.970 bits per heavy atom. The fourth-order valence-electron chi connectivity index (χ4n) is 15.5. The molecule has 0 spiro atoms. The summed E-state index contributed by atoms with van der Waals surface area (Å²) in [5, 5.41) is 22.7. The van der Waals surface area contributed by atoms with E-state index in [1.54, 1.807) is 41.5 Å². The lowest BCUT2D eigenvalue weighted by Crippen LogP contribution is -2.71. The van der Waals surface area contributed by atoms with Gasteiger partial charge in [-0.05, 0) is 99.7 Å². The van der Waals surface area contributed by atoms with Crippen LogP contribution >= 0.6 is 23.2 Å². The SMILES string of the molecule is CCC(=O)O[C@]1(C(=O)CCl)[C@@H](C)C[C@H]2[C@@H]3C[C@H](F)C4=CC(=O)C=C[C@]4(C)[C@@]3(F)[C@@H](O)C[C@@]21C.CCC(=O)O[C@]1(C(=O)CCl)[C@@H](C)C[C@H]2[C@@H]3C[C@H](F)C4=CC(=O)C=C[C@]4(C)[C@@]3(F)[C@@H](O)C[C@@]21C. The van der Waals surface area contributed by atoms with Crippen LogP contribution in [0, 0.1) is 57.2 Å². The van der Waals surface area contributed by atoms with Crippen molar-refractivity contribution in [3.8, 4) is 0 Å². The molecule has 0 aliphatic heterocycles. The van der Waals surface area contributed by atoms with Gasteiger partial charge in [-0.15, -0.1) is 23.2 Å². The number of ether oxygens (including phenoxy) is 2. The Labute approximate surface area is 393 Å². The predicted molar refractivity (Wildman–Crippen MR) is 236 cm³/mol. The number of hydrogen-bond donors (Lipinski definition) is 2. The number of carbonyl (C=O) groups is 6. The van der Waals surface area contributed by atoms with Gasteiger partial charge in [-0.3, -0.25) is 28.8 Å². The Balaban J connectivity index is 0.000000196. The fourth-order valence-corrected chi connectivity index (χ4v) is 15.9. The molecule has 8 rings (SSSR count). The quantitative estimate of drug-likeness (QED) is 0.138. The van der Waals surface area contributed by atoms with Gasteiger partial charge in [-0.2, -0.15) is 0 Å². The zero-order valence-corrected chi connectivity index (χ0v) is 40.2. The average molecular weight is 970 g/mol. The molecular formula is C50H62Cl2F4O10. The molecule has 2 N–H and O–H groups in total. The molecule has 18 atom stereocenters. The van der Waals surface area contributed by atoms with Crippen molar-refractivity contribution >= 4 is 58.3 Å². The highest BCUT2D eigenvalue weighted by atomic mass is 35.5. The van der Waals surface area contributed by atoms with Crippen LogP contribution in [0.4, 0.5) is 17.6 Å². The van der Waals surface area contributed by atoms with Crippen molar-refractivity contribution in [2.75, 3.05) is 11.8 Å². The van der Waals surface area contributed by atoms with E-state index in [1.165, 1.54) is 38.2 Å². The molecule has 0 radical (unpaired) electrons. The lowest BCUT2D eigenvalue weighted by atomic mass is 9.44. The first-order valence-corrected chi connectivity index (χ1v) is 24.3. The van der Waals surface area contributed by atoms with Gasteiger partial charge in [0, 0.05) is 58.2 Å². The number of allylic oxidation sites excluding steroid dienone is 8. The Kier molecular flexibility index (Phi) is 12.9. The first-order chi connectivity index (χ1) is 30.7. The van der Waals surface area contributed by atoms with Crippen molar-refractivity contribution in [3.63, 3.8) is 0 Å². The van der Waals surface area contributed by atoms with Crippen molar-refractivity contribution in [2.24, 2.45) is 57.2 Å². The van der Waals surface area contributed by atoms with E-state index < -0.39 is 151 Å². The molecule has 364 valence electrons. The van der Waals surface area contributed by atoms with Crippen LogP contribution in [0.5, 0.6) is 0 Å². The first kappa shape index (κ1) is 50.7. The molecule has 0 aromatic rings. The van der Waals surface area contributed by atoms with Gasteiger partial charge in [-0.25, -0.2) is 17.6 Å². The maximum atomic E-state index is 17.2. The van der Waals surface area contributed by atoms with Crippen molar-refractivity contribution < 1.29 is 66.0 Å². The van der Waals surface area contributed by atoms with Crippen LogP contribution in [-0.4, -0.2) is 104 Å². The monoisotopic (exact) mass is 968 g/mol. The van der Waals surface area contributed by atoms with E-state index >= 15 is 17.6 Å². The van der Waals surface area contributed by atoms with Gasteiger partial charge in [0.1, 0.15) is 12.3 Å². The molecular weight excluding hydrogens is 907 g/mol. The minimum Gasteiger partial charge on any atom is -0.450 e. The fraction of sp³-hybridized carbons (Fsp3) is 0.720. The third kappa shape index (κ3) is 6.37. The molecule has 16 heteroatoms. The number of esters is 2. The smallest absolute Gasteiger partial charge is 0.306 e. The number of alkyl halides is 6. The predicted octanol–water partition coefficient (Wildman–Crippen LogP) is 8.10. The summed E-state index contributed by atoms with van der Waals surface area (Å²) in [6.07, 6.45) is 1.17. The third-order valence-electron chi connectivity index (χ3n) is 18.5. The number of hydrogen-bond acceptors (Lipinski definition) is 10. The van der Waals surface area contributed by atoms with Gasteiger partial charge >= 0.3 is 11.9 Å². The third-order valence-corrected chi connectivity index (χ3v) is 19.0. The minimum absolute atomic E-state index is 0.0431. The molecule has 8 aliphatic rings. The Bertz CT molecular complexity index is 2080. The summed E-state index contributed by atoms with van der Waals surface area (Å²) in [7, 11) is 0. The minimum atomic E-state index is -2.25. The lowest BCUT2D eigenvalue weighted by molar-refractivity contribution is -0.230. The van der Waals surface area contributed by atoms with Crippen LogP contribution in [0.25, 0.3) is 0 Å². The van der Waals surface area contributed by atoms with Crippen molar-refractivity contribution in [1.29, 1.82) is 0 Å². The zero-order chi connectivity index (χ0) is 49.1. The molecule has 10 nitrogen and oxygen atoms in total. The summed E-state index contributed by atoms with van der Waals surface area (Å²) < 4.78 is 77.1. The summed E-state index contributed by atoms with van der Waals surface area (Å²) in [5.74, 6) is -7.69. The lowest BCUT2D eigenvalue weighted by Gasteiger charge is -2.63. The zero-order valence-electron chi connectivity index (χ0n) is 38.7. The summed E-state index contributed by atoms with van der Waals surface area (Å²) >= 11 is 11.9. The number of aliphatic hydroxyl groups excluding tert-OH is 2. The van der Waals surface area contributed by atoms with Crippen molar-refractivity contribution in [1.82, 2.24) is 0 Å². The van der Waals surface area contributed by atoms with Gasteiger partial charge in [0.25, 0.3) is 0 Å². The van der Waals surface area contributed by atoms with E-state index in [4.69, 9.17) is 32.7 Å². The molecule has 0 aromatic carbocycles. The second-order valence-corrected chi connectivity index (χ2v) is 21.8. The Morgan fingerprint density at radius 3 is 1.27 bits per heavy atom. The van der Waals surface area contributed by atoms with Gasteiger partial charge in [0.15, 0.2) is 45.7 Å². The topological polar surface area (TPSA) is 161 Å². The number of halogens is 6. The molecule has 6 fully saturated rings. The number of ketones is 4. The van der Waals surface area contributed by atoms with E-state index in [2.05, 4.69) is 0 Å². The molecule has 0 heterocycles. The molecule has 66 heavy (non-hydrogen) atoms. The van der Waals surface area contributed by atoms with Gasteiger partial charge in [0.05, 0.1) is 24.0 Å². The highest BCUT2D eigenvalue weighted by molar-refractivity contribution is 6.29. The van der Waals surface area contributed by atoms with Gasteiger partial charge < -0.3 is 19.7 Å². The maximum Gasteiger partial charge on any atom is 0.306 e. The van der Waals surface area contributed by atoms with Crippen molar-refractivity contribution in [3.05, 3.63) is 47.6 Å². The summed E-state index contributed by atoms with van der Waals surface area (Å²) in [6.45, 7) is 13.3. The van der Waals surface area contributed by atoms with E-state index in [1.807, 2.05) is 0 Å². The number of rotatable bonds is 8. The van der Waals surface area contributed by atoms with Crippen LogP contribution in [0.3, 0.4) is 0 Å². The number of Topliss-reactive ketones (excluding diaryl/α,β-unsaturated/α-hetero) is 2. The largest absolute Gasteiger partial charge is 0.450 e. The molecule has 0 aromatic heterocycles. The van der Waals surface area contributed by atoms with Crippen LogP contribution in [0.15, 0.2) is 47.6 Å². The Morgan fingerprint density at radius 1 is 0.636 bits per heavy atom. The highest BCUT2D eigenvalue weighted by Gasteiger charge is 2.80. The maximum absolute atomic E-state index is 17.2. The Hall–Kier alpha value is -3.20. The van der Waals surface area contributed by atoms with E-state index in [-0.39, 0.29) is 49.7 Å². The van der Waals surface area contributed by atoms with Crippen LogP contribution in [0.1, 0.15) is 107 Å². The normalized spacial score (nSPS) is 48.4. The van der Waals surface area contributed by atoms with Gasteiger partial charge in [-0.1, -0.05) is 53.7 Å². The average Bonchev–Trinajstić information content (AvgIpc) is 3.62. The molecule has 8 aliphatic carbocycles. The van der Waals surface area contributed by atoms with Crippen molar-refractivity contribution in [2.45, 2.75) is 154 Å². The highest BCUT2D eigenvalue weighted by Crippen LogP contribution is 2.73. The summed E-state index contributed by atoms with van der Waals surface area (Å²) in [6, 6.07) is 0. The van der Waals surface area contributed by atoms with E-state index in [0.29, 0.717) is 12.8 Å². The molecule has 0 unspecified atom stereocenters. The second kappa shape index (κ2) is 16.7. The second-order valence-electron chi connectivity index (χ2n) is 21.2.